The van der Waals surface area contributed by atoms with E-state index >= 15 is 0 Å². The number of rotatable bonds is 5. The molecule has 0 radical (unpaired) electrons. The highest BCUT2D eigenvalue weighted by Gasteiger charge is 2.15. The molecular formula is C18H19N3O3S. The summed E-state index contributed by atoms with van der Waals surface area (Å²) >= 11 is 1.64. The van der Waals surface area contributed by atoms with Crippen molar-refractivity contribution in [3.05, 3.63) is 53.6 Å². The highest BCUT2D eigenvalue weighted by atomic mass is 32.2. The maximum Gasteiger partial charge on any atom is 0.329 e. The molecule has 0 unspecified atom stereocenters. The maximum atomic E-state index is 12.0. The standard InChI is InChI=1S/C18H19N3O3S/c1-12-4-9-16(24-2)15(10-12)20-17(22)18(23)21-19-11-13-5-7-14(25-3)8-6-13/h4-11H,1-3H3,(H,20,22)(H,21,23)/b19-11-. The molecule has 0 aromatic heterocycles. The average Bonchev–Trinajstić information content (AvgIpc) is 2.62. The first-order valence-corrected chi connectivity index (χ1v) is 8.69. The lowest BCUT2D eigenvalue weighted by Crippen LogP contribution is -2.32. The molecule has 0 saturated carbocycles. The number of methoxy groups -OCH3 is 1. The van der Waals surface area contributed by atoms with E-state index in [1.165, 1.54) is 13.3 Å². The average molecular weight is 357 g/mol. The molecule has 0 atom stereocenters. The Morgan fingerprint density at radius 1 is 1.12 bits per heavy atom. The Kier molecular flexibility index (Phi) is 6.59. The minimum Gasteiger partial charge on any atom is -0.495 e. The minimum atomic E-state index is -0.861. The zero-order valence-corrected chi connectivity index (χ0v) is 15.0. The van der Waals surface area contributed by atoms with Gasteiger partial charge in [-0.05, 0) is 48.6 Å². The smallest absolute Gasteiger partial charge is 0.329 e. The van der Waals surface area contributed by atoms with Gasteiger partial charge in [0.05, 0.1) is 19.0 Å². The molecular weight excluding hydrogens is 338 g/mol. The van der Waals surface area contributed by atoms with Gasteiger partial charge in [0.15, 0.2) is 0 Å². The van der Waals surface area contributed by atoms with E-state index in [0.717, 1.165) is 16.0 Å². The summed E-state index contributed by atoms with van der Waals surface area (Å²) in [7, 11) is 1.49. The highest BCUT2D eigenvalue weighted by molar-refractivity contribution is 7.98. The Labute approximate surface area is 150 Å². The molecule has 0 spiro atoms. The molecule has 2 N–H and O–H groups in total. The highest BCUT2D eigenvalue weighted by Crippen LogP contribution is 2.24. The number of aryl methyl sites for hydroxylation is 1. The molecule has 6 nitrogen and oxygen atoms in total. The Morgan fingerprint density at radius 2 is 1.84 bits per heavy atom. The van der Waals surface area contributed by atoms with Crippen LogP contribution in [0.15, 0.2) is 52.5 Å². The van der Waals surface area contributed by atoms with Gasteiger partial charge in [-0.1, -0.05) is 18.2 Å². The Bertz CT molecular complexity index is 789. The van der Waals surface area contributed by atoms with Crippen molar-refractivity contribution in [3.63, 3.8) is 0 Å². The first-order chi connectivity index (χ1) is 12.0. The van der Waals surface area contributed by atoms with Gasteiger partial charge in [0, 0.05) is 4.90 Å². The molecule has 0 aliphatic heterocycles. The van der Waals surface area contributed by atoms with E-state index in [2.05, 4.69) is 15.8 Å². The predicted octanol–water partition coefficient (Wildman–Crippen LogP) is 2.81. The number of amides is 2. The van der Waals surface area contributed by atoms with Crippen molar-refractivity contribution < 1.29 is 14.3 Å². The van der Waals surface area contributed by atoms with E-state index < -0.39 is 11.8 Å². The van der Waals surface area contributed by atoms with Gasteiger partial charge in [0.1, 0.15) is 5.75 Å². The van der Waals surface area contributed by atoms with Crippen molar-refractivity contribution in [2.24, 2.45) is 5.10 Å². The topological polar surface area (TPSA) is 79.8 Å². The number of hydrazone groups is 1. The molecule has 0 aliphatic rings. The Balaban J connectivity index is 1.95. The van der Waals surface area contributed by atoms with Crippen LogP contribution in [0.2, 0.25) is 0 Å². The summed E-state index contributed by atoms with van der Waals surface area (Å²) in [6.45, 7) is 1.88. The van der Waals surface area contributed by atoms with Gasteiger partial charge in [0.2, 0.25) is 0 Å². The van der Waals surface area contributed by atoms with Crippen LogP contribution in [0.4, 0.5) is 5.69 Å². The van der Waals surface area contributed by atoms with Crippen LogP contribution in [0.25, 0.3) is 0 Å². The van der Waals surface area contributed by atoms with Gasteiger partial charge in [-0.25, -0.2) is 5.43 Å². The van der Waals surface area contributed by atoms with E-state index in [-0.39, 0.29) is 0 Å². The van der Waals surface area contributed by atoms with Crippen LogP contribution in [0, 0.1) is 6.92 Å². The van der Waals surface area contributed by atoms with Crippen LogP contribution in [-0.2, 0) is 9.59 Å². The van der Waals surface area contributed by atoms with Crippen molar-refractivity contribution in [3.8, 4) is 5.75 Å². The lowest BCUT2D eigenvalue weighted by molar-refractivity contribution is -0.136. The molecule has 7 heteroatoms. The third-order valence-electron chi connectivity index (χ3n) is 3.30. The second kappa shape index (κ2) is 8.89. The molecule has 2 rings (SSSR count). The van der Waals surface area contributed by atoms with Gasteiger partial charge in [-0.15, -0.1) is 11.8 Å². The normalized spacial score (nSPS) is 10.5. The second-order valence-electron chi connectivity index (χ2n) is 5.13. The Hall–Kier alpha value is -2.80. The van der Waals surface area contributed by atoms with Crippen LogP contribution in [-0.4, -0.2) is 31.4 Å². The summed E-state index contributed by atoms with van der Waals surface area (Å²) in [4.78, 5) is 24.9. The van der Waals surface area contributed by atoms with Gasteiger partial charge < -0.3 is 10.1 Å². The molecule has 0 saturated heterocycles. The zero-order valence-electron chi connectivity index (χ0n) is 14.2. The summed E-state index contributed by atoms with van der Waals surface area (Å²) in [5.41, 5.74) is 4.39. The van der Waals surface area contributed by atoms with Crippen LogP contribution in [0.3, 0.4) is 0 Å². The molecule has 2 aromatic carbocycles. The van der Waals surface area contributed by atoms with Crippen LogP contribution >= 0.6 is 11.8 Å². The first kappa shape index (κ1) is 18.5. The van der Waals surface area contributed by atoms with E-state index in [1.54, 1.807) is 23.9 Å². The number of nitrogens with zero attached hydrogens (tertiary/aromatic N) is 1. The van der Waals surface area contributed by atoms with Crippen LogP contribution in [0.1, 0.15) is 11.1 Å². The van der Waals surface area contributed by atoms with Crippen molar-refractivity contribution in [1.29, 1.82) is 0 Å². The number of carbonyl (C=O) groups excluding carboxylic acids is 2. The van der Waals surface area contributed by atoms with Gasteiger partial charge >= 0.3 is 11.8 Å². The fourth-order valence-electron chi connectivity index (χ4n) is 2.00. The van der Waals surface area contributed by atoms with E-state index in [4.69, 9.17) is 4.74 Å². The number of ether oxygens (including phenoxy) is 1. The van der Waals surface area contributed by atoms with Gasteiger partial charge in [-0.3, -0.25) is 9.59 Å². The molecule has 0 fully saturated rings. The number of hydrogen-bond acceptors (Lipinski definition) is 5. The van der Waals surface area contributed by atoms with Crippen molar-refractivity contribution in [1.82, 2.24) is 5.43 Å². The molecule has 0 aliphatic carbocycles. The molecule has 130 valence electrons. The maximum absolute atomic E-state index is 12.0. The van der Waals surface area contributed by atoms with Crippen LogP contribution < -0.4 is 15.5 Å². The molecule has 2 aromatic rings. The summed E-state index contributed by atoms with van der Waals surface area (Å²) < 4.78 is 5.16. The van der Waals surface area contributed by atoms with E-state index in [9.17, 15) is 9.59 Å². The van der Waals surface area contributed by atoms with Crippen molar-refractivity contribution in [2.45, 2.75) is 11.8 Å². The quantitative estimate of drug-likeness (QED) is 0.373. The third kappa shape index (κ3) is 5.36. The SMILES string of the molecule is COc1ccc(C)cc1NC(=O)C(=O)N/N=C\c1ccc(SC)cc1. The largest absolute Gasteiger partial charge is 0.495 e. The molecule has 2 amide bonds. The van der Waals surface area contributed by atoms with Crippen LogP contribution in [0.5, 0.6) is 5.75 Å². The Morgan fingerprint density at radius 3 is 2.48 bits per heavy atom. The lowest BCUT2D eigenvalue weighted by atomic mass is 10.2. The monoisotopic (exact) mass is 357 g/mol. The fourth-order valence-corrected chi connectivity index (χ4v) is 2.41. The minimum absolute atomic E-state index is 0.430. The third-order valence-corrected chi connectivity index (χ3v) is 4.05. The summed E-state index contributed by atoms with van der Waals surface area (Å²) in [6.07, 6.45) is 3.47. The van der Waals surface area contributed by atoms with Crippen molar-refractivity contribution >= 4 is 35.5 Å². The van der Waals surface area contributed by atoms with Gasteiger partial charge in [0.25, 0.3) is 0 Å². The fraction of sp³-hybridized carbons (Fsp3) is 0.167. The molecule has 25 heavy (non-hydrogen) atoms. The molecule has 0 heterocycles. The summed E-state index contributed by atoms with van der Waals surface area (Å²) in [5, 5.41) is 6.31. The summed E-state index contributed by atoms with van der Waals surface area (Å²) in [5.74, 6) is -1.21. The summed E-state index contributed by atoms with van der Waals surface area (Å²) in [6, 6.07) is 12.9. The number of hydrogen-bond donors (Lipinski definition) is 2. The van der Waals surface area contributed by atoms with Crippen molar-refractivity contribution in [2.75, 3.05) is 18.7 Å². The lowest BCUT2D eigenvalue weighted by Gasteiger charge is -2.10. The first-order valence-electron chi connectivity index (χ1n) is 7.46. The predicted molar refractivity (Wildman–Crippen MR) is 100 cm³/mol. The number of carbonyl (C=O) groups is 2. The second-order valence-corrected chi connectivity index (χ2v) is 6.01. The number of anilines is 1. The van der Waals surface area contributed by atoms with Gasteiger partial charge in [-0.2, -0.15) is 5.10 Å². The van der Waals surface area contributed by atoms with E-state index in [0.29, 0.717) is 11.4 Å². The zero-order chi connectivity index (χ0) is 18.2. The number of benzene rings is 2. The number of nitrogens with one attached hydrogen (secondary N) is 2. The van der Waals surface area contributed by atoms with E-state index in [1.807, 2.05) is 43.5 Å². The number of thioether (sulfide) groups is 1. The molecule has 0 bridgehead atoms.